The molecule has 0 heterocycles. The maximum atomic E-state index is 13.3. The Labute approximate surface area is 196 Å². The van der Waals surface area contributed by atoms with E-state index in [1.165, 1.54) is 17.0 Å². The normalized spacial score (nSPS) is 11.6. The Morgan fingerprint density at radius 2 is 1.90 bits per heavy atom. The maximum Gasteiger partial charge on any atom is 0.261 e. The second-order valence-corrected chi connectivity index (χ2v) is 8.37. The monoisotopic (exact) mass is 512 g/mol. The van der Waals surface area contributed by atoms with Crippen LogP contribution in [0.1, 0.15) is 38.7 Å². The Morgan fingerprint density at radius 1 is 1.19 bits per heavy atom. The fraction of sp³-hybridized carbons (Fsp3) is 0.391. The topological polar surface area (TPSA) is 58.6 Å². The number of nitrogens with one attached hydrogen (secondary N) is 1. The molecule has 0 aliphatic heterocycles. The SMILES string of the molecule is CCCCNC(=O)[C@@H](CC)N(Cc1ccc(F)cc1)C(=O)COc1ccc(Cl)cc1Br. The highest BCUT2D eigenvalue weighted by molar-refractivity contribution is 9.10. The molecule has 0 radical (unpaired) electrons. The summed E-state index contributed by atoms with van der Waals surface area (Å²) in [4.78, 5) is 27.4. The number of amides is 2. The molecule has 8 heteroatoms. The van der Waals surface area contributed by atoms with E-state index in [4.69, 9.17) is 16.3 Å². The standard InChI is InChI=1S/C23H27BrClFN2O3/c1-3-5-12-27-23(30)20(4-2)28(14-16-6-9-18(26)10-7-16)22(29)15-31-21-11-8-17(25)13-19(21)24/h6-11,13,20H,3-5,12,14-15H2,1-2H3,(H,27,30)/t20-/m1/s1. The van der Waals surface area contributed by atoms with Crippen LogP contribution < -0.4 is 10.1 Å². The Morgan fingerprint density at radius 3 is 2.52 bits per heavy atom. The molecular formula is C23H27BrClFN2O3. The quantitative estimate of drug-likeness (QED) is 0.412. The van der Waals surface area contributed by atoms with Gasteiger partial charge in [0.05, 0.1) is 4.47 Å². The van der Waals surface area contributed by atoms with Gasteiger partial charge in [0.15, 0.2) is 6.61 Å². The van der Waals surface area contributed by atoms with E-state index in [0.29, 0.717) is 28.2 Å². The highest BCUT2D eigenvalue weighted by Crippen LogP contribution is 2.28. The van der Waals surface area contributed by atoms with E-state index >= 15 is 0 Å². The predicted molar refractivity (Wildman–Crippen MR) is 124 cm³/mol. The third kappa shape index (κ3) is 7.82. The minimum atomic E-state index is -0.660. The minimum absolute atomic E-state index is 0.171. The molecule has 2 rings (SSSR count). The fourth-order valence-electron chi connectivity index (χ4n) is 3.03. The summed E-state index contributed by atoms with van der Waals surface area (Å²) in [5.74, 6) is -0.440. The number of benzene rings is 2. The summed E-state index contributed by atoms with van der Waals surface area (Å²) in [7, 11) is 0. The van der Waals surface area contributed by atoms with Gasteiger partial charge in [-0.05, 0) is 64.7 Å². The van der Waals surface area contributed by atoms with Crippen LogP contribution in [0.2, 0.25) is 5.02 Å². The Hall–Kier alpha value is -2.12. The van der Waals surface area contributed by atoms with Gasteiger partial charge in [0.1, 0.15) is 17.6 Å². The molecule has 31 heavy (non-hydrogen) atoms. The predicted octanol–water partition coefficient (Wildman–Crippen LogP) is 5.34. The summed E-state index contributed by atoms with van der Waals surface area (Å²) in [6.07, 6.45) is 2.26. The van der Waals surface area contributed by atoms with E-state index in [9.17, 15) is 14.0 Å². The number of hydrogen-bond donors (Lipinski definition) is 1. The average Bonchev–Trinajstić information content (AvgIpc) is 2.74. The van der Waals surface area contributed by atoms with E-state index in [-0.39, 0.29) is 30.8 Å². The molecule has 168 valence electrons. The van der Waals surface area contributed by atoms with Crippen molar-refractivity contribution >= 4 is 39.3 Å². The zero-order valence-electron chi connectivity index (χ0n) is 17.7. The molecule has 0 saturated carbocycles. The molecule has 0 saturated heterocycles. The van der Waals surface area contributed by atoms with E-state index in [1.54, 1.807) is 30.3 Å². The second kappa shape index (κ2) is 12.7. The van der Waals surface area contributed by atoms with Crippen molar-refractivity contribution in [2.75, 3.05) is 13.2 Å². The Kier molecular flexibility index (Phi) is 10.3. The summed E-state index contributed by atoms with van der Waals surface area (Å²) < 4.78 is 19.6. The number of halogens is 3. The van der Waals surface area contributed by atoms with E-state index in [1.807, 2.05) is 13.8 Å². The molecule has 0 aromatic heterocycles. The number of hydrogen-bond acceptors (Lipinski definition) is 3. The summed E-state index contributed by atoms with van der Waals surface area (Å²) in [6.45, 7) is 4.37. The number of carbonyl (C=O) groups is 2. The van der Waals surface area contributed by atoms with Gasteiger partial charge in [0.25, 0.3) is 5.91 Å². The summed E-state index contributed by atoms with van der Waals surface area (Å²) in [5, 5.41) is 3.44. The summed E-state index contributed by atoms with van der Waals surface area (Å²) >= 11 is 9.31. The molecule has 0 unspecified atom stereocenters. The molecular weight excluding hydrogens is 487 g/mol. The van der Waals surface area contributed by atoms with Crippen molar-refractivity contribution in [1.29, 1.82) is 0 Å². The molecule has 0 spiro atoms. The first-order valence-corrected chi connectivity index (χ1v) is 11.4. The van der Waals surface area contributed by atoms with Crippen molar-refractivity contribution in [3.63, 3.8) is 0 Å². The highest BCUT2D eigenvalue weighted by Gasteiger charge is 2.29. The third-order valence-corrected chi connectivity index (χ3v) is 5.58. The first-order valence-electron chi connectivity index (χ1n) is 10.2. The smallest absolute Gasteiger partial charge is 0.261 e. The van der Waals surface area contributed by atoms with Gasteiger partial charge < -0.3 is 15.0 Å². The number of carbonyl (C=O) groups excluding carboxylic acids is 2. The molecule has 2 aromatic rings. The van der Waals surface area contributed by atoms with Crippen LogP contribution in [0.25, 0.3) is 0 Å². The zero-order chi connectivity index (χ0) is 22.8. The lowest BCUT2D eigenvalue weighted by atomic mass is 10.1. The van der Waals surface area contributed by atoms with Gasteiger partial charge >= 0.3 is 0 Å². The highest BCUT2D eigenvalue weighted by atomic mass is 79.9. The number of ether oxygens (including phenoxy) is 1. The lowest BCUT2D eigenvalue weighted by Gasteiger charge is -2.30. The van der Waals surface area contributed by atoms with Gasteiger partial charge in [-0.2, -0.15) is 0 Å². The van der Waals surface area contributed by atoms with Gasteiger partial charge in [-0.1, -0.05) is 44.0 Å². The molecule has 2 aromatic carbocycles. The average molecular weight is 514 g/mol. The zero-order valence-corrected chi connectivity index (χ0v) is 20.0. The van der Waals surface area contributed by atoms with Gasteiger partial charge in [-0.3, -0.25) is 9.59 Å². The molecule has 1 N–H and O–H groups in total. The molecule has 5 nitrogen and oxygen atoms in total. The number of unbranched alkanes of at least 4 members (excludes halogenated alkanes) is 1. The first-order chi connectivity index (χ1) is 14.8. The molecule has 0 aliphatic carbocycles. The third-order valence-electron chi connectivity index (χ3n) is 4.73. The van der Waals surface area contributed by atoms with Crippen molar-refractivity contribution < 1.29 is 18.7 Å². The molecule has 2 amide bonds. The maximum absolute atomic E-state index is 13.3. The summed E-state index contributed by atoms with van der Waals surface area (Å²) in [5.41, 5.74) is 0.724. The van der Waals surface area contributed by atoms with Crippen LogP contribution in [-0.2, 0) is 16.1 Å². The fourth-order valence-corrected chi connectivity index (χ4v) is 3.82. The summed E-state index contributed by atoms with van der Waals surface area (Å²) in [6, 6.07) is 10.2. The molecule has 0 aliphatic rings. The van der Waals surface area contributed by atoms with Crippen molar-refractivity contribution in [2.24, 2.45) is 0 Å². The van der Waals surface area contributed by atoms with Crippen molar-refractivity contribution in [2.45, 2.75) is 45.7 Å². The number of rotatable bonds is 11. The van der Waals surface area contributed by atoms with Crippen LogP contribution in [0.15, 0.2) is 46.9 Å². The molecule has 1 atom stereocenters. The van der Waals surface area contributed by atoms with E-state index in [0.717, 1.165) is 18.4 Å². The van der Waals surface area contributed by atoms with Crippen LogP contribution in [0, 0.1) is 5.82 Å². The van der Waals surface area contributed by atoms with Gasteiger partial charge in [-0.25, -0.2) is 4.39 Å². The van der Waals surface area contributed by atoms with Crippen molar-refractivity contribution in [3.8, 4) is 5.75 Å². The van der Waals surface area contributed by atoms with Crippen LogP contribution in [0.4, 0.5) is 4.39 Å². The lowest BCUT2D eigenvalue weighted by Crippen LogP contribution is -2.50. The van der Waals surface area contributed by atoms with Crippen molar-refractivity contribution in [3.05, 3.63) is 63.3 Å². The van der Waals surface area contributed by atoms with E-state index in [2.05, 4.69) is 21.2 Å². The molecule has 0 bridgehead atoms. The largest absolute Gasteiger partial charge is 0.483 e. The van der Waals surface area contributed by atoms with Crippen LogP contribution in [0.5, 0.6) is 5.75 Å². The minimum Gasteiger partial charge on any atom is -0.483 e. The lowest BCUT2D eigenvalue weighted by molar-refractivity contribution is -0.143. The second-order valence-electron chi connectivity index (χ2n) is 7.08. The Balaban J connectivity index is 2.18. The molecule has 0 fully saturated rings. The van der Waals surface area contributed by atoms with Gasteiger partial charge in [0.2, 0.25) is 5.91 Å². The van der Waals surface area contributed by atoms with Crippen LogP contribution >= 0.6 is 27.5 Å². The first kappa shape index (κ1) is 25.1. The van der Waals surface area contributed by atoms with Crippen LogP contribution in [-0.4, -0.2) is 35.9 Å². The van der Waals surface area contributed by atoms with Crippen LogP contribution in [0.3, 0.4) is 0 Å². The number of nitrogens with zero attached hydrogens (tertiary/aromatic N) is 1. The van der Waals surface area contributed by atoms with E-state index < -0.39 is 6.04 Å². The van der Waals surface area contributed by atoms with Gasteiger partial charge in [0, 0.05) is 18.1 Å². The van der Waals surface area contributed by atoms with Gasteiger partial charge in [-0.15, -0.1) is 0 Å². The van der Waals surface area contributed by atoms with Crippen molar-refractivity contribution in [1.82, 2.24) is 10.2 Å². The Bertz CT molecular complexity index is 880.